The molecule has 0 heterocycles. The van der Waals surface area contributed by atoms with Crippen molar-refractivity contribution >= 4 is 15.9 Å². The first-order valence-electron chi connectivity index (χ1n) is 8.69. The maximum Gasteiger partial charge on any atom is 0.0797 e. The zero-order valence-corrected chi connectivity index (χ0v) is 16.4. The lowest BCUT2D eigenvalue weighted by atomic mass is 9.46. The smallest absolute Gasteiger partial charge is 0.0797 e. The topological polar surface area (TPSA) is 20.2 Å². The van der Waals surface area contributed by atoms with Crippen LogP contribution in [0.5, 0.6) is 0 Å². The molecule has 2 aliphatic rings. The Labute approximate surface area is 145 Å². The van der Waals surface area contributed by atoms with Gasteiger partial charge in [0.05, 0.1) is 5.60 Å². The van der Waals surface area contributed by atoms with Gasteiger partial charge in [-0.25, -0.2) is 0 Å². The molecular formula is C20H33BrO. The first-order valence-corrected chi connectivity index (χ1v) is 9.61. The van der Waals surface area contributed by atoms with E-state index in [4.69, 9.17) is 0 Å². The highest BCUT2D eigenvalue weighted by molar-refractivity contribution is 9.09. The van der Waals surface area contributed by atoms with Gasteiger partial charge in [0, 0.05) is 4.83 Å². The Hall–Kier alpha value is -0.0800. The number of aliphatic hydroxyl groups is 1. The predicted octanol–water partition coefficient (Wildman–Crippen LogP) is 5.88. The van der Waals surface area contributed by atoms with Crippen molar-refractivity contribution in [2.24, 2.45) is 22.7 Å². The van der Waals surface area contributed by atoms with E-state index in [1.165, 1.54) is 24.8 Å². The lowest BCUT2D eigenvalue weighted by Crippen LogP contribution is -2.52. The van der Waals surface area contributed by atoms with Gasteiger partial charge in [0.2, 0.25) is 0 Å². The molecule has 2 aliphatic carbocycles. The molecule has 5 atom stereocenters. The second kappa shape index (κ2) is 6.09. The third-order valence-corrected chi connectivity index (χ3v) is 7.41. The van der Waals surface area contributed by atoms with E-state index < -0.39 is 5.60 Å². The van der Waals surface area contributed by atoms with E-state index >= 15 is 0 Å². The quantitative estimate of drug-likeness (QED) is 0.485. The van der Waals surface area contributed by atoms with Crippen molar-refractivity contribution in [2.75, 3.05) is 0 Å². The highest BCUT2D eigenvalue weighted by Gasteiger charge is 2.54. The van der Waals surface area contributed by atoms with E-state index in [9.17, 15) is 5.11 Å². The van der Waals surface area contributed by atoms with Gasteiger partial charge in [-0.3, -0.25) is 0 Å². The largest absolute Gasteiger partial charge is 0.386 e. The molecule has 2 rings (SSSR count). The first kappa shape index (κ1) is 18.3. The van der Waals surface area contributed by atoms with Crippen LogP contribution in [0.2, 0.25) is 0 Å². The van der Waals surface area contributed by atoms with Crippen LogP contribution in [0.4, 0.5) is 0 Å². The molecule has 1 N–H and O–H groups in total. The van der Waals surface area contributed by atoms with Crippen LogP contribution in [0.15, 0.2) is 24.8 Å². The van der Waals surface area contributed by atoms with Gasteiger partial charge in [-0.1, -0.05) is 54.9 Å². The van der Waals surface area contributed by atoms with Crippen molar-refractivity contribution in [3.63, 3.8) is 0 Å². The summed E-state index contributed by atoms with van der Waals surface area (Å²) in [6.45, 7) is 17.4. The van der Waals surface area contributed by atoms with Gasteiger partial charge in [0.15, 0.2) is 0 Å². The number of hydrogen-bond acceptors (Lipinski definition) is 1. The van der Waals surface area contributed by atoms with Gasteiger partial charge in [-0.2, -0.15) is 0 Å². The van der Waals surface area contributed by atoms with Crippen molar-refractivity contribution in [3.8, 4) is 0 Å². The molecule has 0 aliphatic heterocycles. The molecule has 2 heteroatoms. The average Bonchev–Trinajstić information content (AvgIpc) is 2.40. The highest BCUT2D eigenvalue weighted by Crippen LogP contribution is 2.63. The van der Waals surface area contributed by atoms with Crippen molar-refractivity contribution in [1.29, 1.82) is 0 Å². The van der Waals surface area contributed by atoms with Gasteiger partial charge in [0.25, 0.3) is 0 Å². The van der Waals surface area contributed by atoms with Crippen LogP contribution in [0, 0.1) is 22.7 Å². The fourth-order valence-electron chi connectivity index (χ4n) is 5.28. The second-order valence-electron chi connectivity index (χ2n) is 8.91. The molecule has 2 fully saturated rings. The molecule has 1 nitrogen and oxygen atoms in total. The molecule has 0 aromatic heterocycles. The third kappa shape index (κ3) is 3.38. The van der Waals surface area contributed by atoms with E-state index in [1.54, 1.807) is 6.08 Å². The van der Waals surface area contributed by atoms with E-state index in [-0.39, 0.29) is 0 Å². The predicted molar refractivity (Wildman–Crippen MR) is 99.2 cm³/mol. The Balaban J connectivity index is 2.25. The summed E-state index contributed by atoms with van der Waals surface area (Å²) in [5.74, 6) is 1.25. The zero-order chi connectivity index (χ0) is 16.8. The molecule has 2 saturated carbocycles. The minimum atomic E-state index is -0.758. The maximum atomic E-state index is 10.3. The van der Waals surface area contributed by atoms with Gasteiger partial charge in [-0.05, 0) is 68.1 Å². The van der Waals surface area contributed by atoms with Crippen molar-refractivity contribution in [1.82, 2.24) is 0 Å². The molecular weight excluding hydrogens is 336 g/mol. The fraction of sp³-hybridized carbons (Fsp3) is 0.800. The van der Waals surface area contributed by atoms with Crippen molar-refractivity contribution in [2.45, 2.75) is 76.6 Å². The van der Waals surface area contributed by atoms with Gasteiger partial charge in [-0.15, -0.1) is 6.58 Å². The van der Waals surface area contributed by atoms with Crippen LogP contribution in [0.3, 0.4) is 0 Å². The molecule has 0 bridgehead atoms. The lowest BCUT2D eigenvalue weighted by Gasteiger charge is -2.59. The number of allylic oxidation sites excluding steroid dienone is 1. The number of alkyl halides is 1. The van der Waals surface area contributed by atoms with E-state index in [2.05, 4.69) is 49.9 Å². The van der Waals surface area contributed by atoms with E-state index in [1.807, 2.05) is 6.92 Å². The Bertz CT molecular complexity index is 451. The third-order valence-electron chi connectivity index (χ3n) is 6.58. The summed E-state index contributed by atoms with van der Waals surface area (Å²) >= 11 is 3.87. The molecule has 0 radical (unpaired) electrons. The summed E-state index contributed by atoms with van der Waals surface area (Å²) in [5, 5.41) is 10.3. The molecule has 0 aromatic rings. The van der Waals surface area contributed by atoms with Crippen LogP contribution >= 0.6 is 15.9 Å². The lowest BCUT2D eigenvalue weighted by molar-refractivity contribution is -0.0527. The maximum absolute atomic E-state index is 10.3. The molecule has 126 valence electrons. The van der Waals surface area contributed by atoms with Gasteiger partial charge >= 0.3 is 0 Å². The van der Waals surface area contributed by atoms with Crippen LogP contribution in [0.25, 0.3) is 0 Å². The summed E-state index contributed by atoms with van der Waals surface area (Å²) in [7, 11) is 0. The van der Waals surface area contributed by atoms with E-state index in [0.29, 0.717) is 21.6 Å². The number of hydrogen-bond donors (Lipinski definition) is 1. The van der Waals surface area contributed by atoms with Crippen LogP contribution < -0.4 is 0 Å². The van der Waals surface area contributed by atoms with Crippen molar-refractivity contribution in [3.05, 3.63) is 24.8 Å². The minimum Gasteiger partial charge on any atom is -0.386 e. The number of rotatable bonds is 4. The summed E-state index contributed by atoms with van der Waals surface area (Å²) in [4.78, 5) is 0.660. The van der Waals surface area contributed by atoms with Crippen LogP contribution in [-0.4, -0.2) is 15.5 Å². The van der Waals surface area contributed by atoms with Gasteiger partial charge in [0.1, 0.15) is 0 Å². The Kier molecular flexibility index (Phi) is 5.06. The summed E-state index contributed by atoms with van der Waals surface area (Å²) in [6.07, 6.45) is 8.38. The highest BCUT2D eigenvalue weighted by atomic mass is 79.9. The molecule has 22 heavy (non-hydrogen) atoms. The summed E-state index contributed by atoms with van der Waals surface area (Å²) in [6, 6.07) is 0. The summed E-state index contributed by atoms with van der Waals surface area (Å²) < 4.78 is 0. The SMILES string of the molecule is C=CC(C)(O)CC[C@@H]1C(=C)CC(C)(C)[C@@H]2C[C@H](Br)CC[C@@]12C. The Morgan fingerprint density at radius 1 is 1.41 bits per heavy atom. The number of halogens is 1. The molecule has 0 aromatic carbocycles. The Morgan fingerprint density at radius 3 is 2.64 bits per heavy atom. The molecule has 1 unspecified atom stereocenters. The van der Waals surface area contributed by atoms with Crippen molar-refractivity contribution < 1.29 is 5.11 Å². The minimum absolute atomic E-state index is 0.320. The van der Waals surface area contributed by atoms with Crippen LogP contribution in [-0.2, 0) is 0 Å². The average molecular weight is 369 g/mol. The van der Waals surface area contributed by atoms with Gasteiger partial charge < -0.3 is 5.11 Å². The zero-order valence-electron chi connectivity index (χ0n) is 14.8. The summed E-state index contributed by atoms with van der Waals surface area (Å²) in [5.41, 5.74) is 1.29. The van der Waals surface area contributed by atoms with Crippen LogP contribution in [0.1, 0.15) is 66.2 Å². The number of fused-ring (bicyclic) bond motifs is 1. The second-order valence-corrected chi connectivity index (χ2v) is 10.2. The normalized spacial score (nSPS) is 40.6. The fourth-order valence-corrected chi connectivity index (χ4v) is 5.89. The monoisotopic (exact) mass is 368 g/mol. The first-order chi connectivity index (χ1) is 10.0. The standard InChI is InChI=1S/C20H33BrO/c1-7-19(5,22)10-9-16-14(2)13-18(3,4)17-12-15(21)8-11-20(16,17)6/h7,15-17,22H,1-2,8-13H2,3-6H3/t15-,16-,17+,19?,20+/m1/s1. The Morgan fingerprint density at radius 2 is 2.05 bits per heavy atom. The van der Waals surface area contributed by atoms with E-state index in [0.717, 1.165) is 25.2 Å². The molecule has 0 amide bonds. The molecule has 0 saturated heterocycles. The molecule has 0 spiro atoms.